The van der Waals surface area contributed by atoms with E-state index in [4.69, 9.17) is 10.5 Å². The Kier molecular flexibility index (Phi) is 6.33. The van der Waals surface area contributed by atoms with Crippen molar-refractivity contribution in [2.24, 2.45) is 11.7 Å². The molecular weight excluding hydrogens is 226 g/mol. The lowest BCUT2D eigenvalue weighted by molar-refractivity contribution is 0.122. The van der Waals surface area contributed by atoms with E-state index >= 15 is 0 Å². The number of benzene rings is 1. The van der Waals surface area contributed by atoms with Crippen molar-refractivity contribution < 1.29 is 9.84 Å². The summed E-state index contributed by atoms with van der Waals surface area (Å²) in [6, 6.07) is 8.02. The van der Waals surface area contributed by atoms with Crippen LogP contribution in [0, 0.1) is 5.92 Å². The number of hydrogen-bond acceptors (Lipinski definition) is 3. The van der Waals surface area contributed by atoms with Crippen LogP contribution in [0.1, 0.15) is 37.5 Å². The van der Waals surface area contributed by atoms with Crippen LogP contribution in [0.25, 0.3) is 0 Å². The zero-order chi connectivity index (χ0) is 13.5. The molecular formula is C15H25NO2. The van der Waals surface area contributed by atoms with Gasteiger partial charge in [0.1, 0.15) is 0 Å². The van der Waals surface area contributed by atoms with E-state index in [1.807, 2.05) is 12.1 Å². The normalized spacial score (nSPS) is 14.8. The lowest BCUT2D eigenvalue weighted by Crippen LogP contribution is -2.27. The maximum atomic E-state index is 10.1. The molecule has 0 spiro atoms. The van der Waals surface area contributed by atoms with Gasteiger partial charge in [-0.2, -0.15) is 0 Å². The number of rotatable bonds is 7. The highest BCUT2D eigenvalue weighted by Gasteiger charge is 2.12. The summed E-state index contributed by atoms with van der Waals surface area (Å²) >= 11 is 0. The Morgan fingerprint density at radius 1 is 1.22 bits per heavy atom. The van der Waals surface area contributed by atoms with Crippen molar-refractivity contribution >= 4 is 0 Å². The van der Waals surface area contributed by atoms with E-state index in [0.717, 1.165) is 12.0 Å². The molecule has 0 aromatic heterocycles. The second-order valence-electron chi connectivity index (χ2n) is 5.31. The van der Waals surface area contributed by atoms with Crippen molar-refractivity contribution in [1.29, 1.82) is 0 Å². The first-order valence-corrected chi connectivity index (χ1v) is 6.54. The standard InChI is InChI=1S/C15H25NO2/c1-11(2)8-12-4-6-13(7-5-12)15(17)9-14(16)10-18-3/h4-7,11,14-15,17H,8-10,16H2,1-3H3. The lowest BCUT2D eigenvalue weighted by atomic mass is 9.98. The molecule has 1 rings (SSSR count). The molecule has 3 nitrogen and oxygen atoms in total. The van der Waals surface area contributed by atoms with Gasteiger partial charge in [0, 0.05) is 13.2 Å². The number of ether oxygens (including phenoxy) is 1. The molecule has 0 aliphatic heterocycles. The summed E-state index contributed by atoms with van der Waals surface area (Å²) in [5, 5.41) is 10.1. The molecule has 0 saturated heterocycles. The third-order valence-corrected chi connectivity index (χ3v) is 2.92. The highest BCUT2D eigenvalue weighted by Crippen LogP contribution is 2.19. The molecule has 3 heteroatoms. The van der Waals surface area contributed by atoms with Gasteiger partial charge in [-0.25, -0.2) is 0 Å². The zero-order valence-electron chi connectivity index (χ0n) is 11.6. The monoisotopic (exact) mass is 251 g/mol. The van der Waals surface area contributed by atoms with Crippen molar-refractivity contribution in [1.82, 2.24) is 0 Å². The fourth-order valence-corrected chi connectivity index (χ4v) is 2.05. The van der Waals surface area contributed by atoms with Crippen molar-refractivity contribution in [2.45, 2.75) is 38.8 Å². The van der Waals surface area contributed by atoms with Gasteiger partial charge in [-0.1, -0.05) is 38.1 Å². The van der Waals surface area contributed by atoms with Crippen LogP contribution < -0.4 is 5.73 Å². The summed E-state index contributed by atoms with van der Waals surface area (Å²) in [6.45, 7) is 4.88. The third-order valence-electron chi connectivity index (χ3n) is 2.92. The molecule has 0 aliphatic carbocycles. The Bertz CT molecular complexity index is 335. The van der Waals surface area contributed by atoms with Gasteiger partial charge in [-0.15, -0.1) is 0 Å². The number of aliphatic hydroxyl groups is 1. The summed E-state index contributed by atoms with van der Waals surface area (Å²) < 4.78 is 4.97. The van der Waals surface area contributed by atoms with Crippen molar-refractivity contribution in [2.75, 3.05) is 13.7 Å². The van der Waals surface area contributed by atoms with Crippen molar-refractivity contribution in [3.63, 3.8) is 0 Å². The van der Waals surface area contributed by atoms with Crippen LogP contribution in [0.5, 0.6) is 0 Å². The Balaban J connectivity index is 2.55. The maximum absolute atomic E-state index is 10.1. The smallest absolute Gasteiger partial charge is 0.0805 e. The Morgan fingerprint density at radius 2 is 1.83 bits per heavy atom. The largest absolute Gasteiger partial charge is 0.388 e. The molecule has 18 heavy (non-hydrogen) atoms. The minimum absolute atomic E-state index is 0.125. The van der Waals surface area contributed by atoms with Gasteiger partial charge in [-0.05, 0) is 29.9 Å². The summed E-state index contributed by atoms with van der Waals surface area (Å²) in [5.74, 6) is 0.649. The molecule has 0 heterocycles. The number of hydrogen-bond donors (Lipinski definition) is 2. The number of methoxy groups -OCH3 is 1. The second kappa shape index (κ2) is 7.52. The first-order valence-electron chi connectivity index (χ1n) is 6.54. The summed E-state index contributed by atoms with van der Waals surface area (Å²) in [5.41, 5.74) is 8.07. The van der Waals surface area contributed by atoms with Gasteiger partial charge < -0.3 is 15.6 Å². The van der Waals surface area contributed by atoms with Crippen LogP contribution in [0.2, 0.25) is 0 Å². The summed E-state index contributed by atoms with van der Waals surface area (Å²) in [7, 11) is 1.62. The van der Waals surface area contributed by atoms with E-state index in [1.165, 1.54) is 5.56 Å². The number of aliphatic hydroxyl groups excluding tert-OH is 1. The van der Waals surface area contributed by atoms with Gasteiger partial charge >= 0.3 is 0 Å². The van der Waals surface area contributed by atoms with E-state index in [0.29, 0.717) is 18.9 Å². The van der Waals surface area contributed by atoms with Crippen LogP contribution in [-0.2, 0) is 11.2 Å². The first kappa shape index (κ1) is 15.2. The van der Waals surface area contributed by atoms with Crippen LogP contribution in [-0.4, -0.2) is 24.9 Å². The SMILES string of the molecule is COCC(N)CC(O)c1ccc(CC(C)C)cc1. The average Bonchev–Trinajstić information content (AvgIpc) is 2.29. The van der Waals surface area contributed by atoms with Crippen LogP contribution in [0.4, 0.5) is 0 Å². The molecule has 0 bridgehead atoms. The van der Waals surface area contributed by atoms with Crippen molar-refractivity contribution in [3.05, 3.63) is 35.4 Å². The van der Waals surface area contributed by atoms with Crippen molar-refractivity contribution in [3.8, 4) is 0 Å². The van der Waals surface area contributed by atoms with Crippen LogP contribution in [0.15, 0.2) is 24.3 Å². The Morgan fingerprint density at radius 3 is 2.33 bits per heavy atom. The number of nitrogens with two attached hydrogens (primary N) is 1. The van der Waals surface area contributed by atoms with E-state index in [2.05, 4.69) is 26.0 Å². The molecule has 0 radical (unpaired) electrons. The summed E-state index contributed by atoms with van der Waals surface area (Å²) in [4.78, 5) is 0. The quantitative estimate of drug-likeness (QED) is 0.781. The predicted octanol–water partition coefficient (Wildman–Crippen LogP) is 2.28. The molecule has 3 N–H and O–H groups in total. The molecule has 2 unspecified atom stereocenters. The highest BCUT2D eigenvalue weighted by atomic mass is 16.5. The fraction of sp³-hybridized carbons (Fsp3) is 0.600. The second-order valence-corrected chi connectivity index (χ2v) is 5.31. The minimum Gasteiger partial charge on any atom is -0.388 e. The molecule has 2 atom stereocenters. The van der Waals surface area contributed by atoms with Gasteiger partial charge in [0.05, 0.1) is 12.7 Å². The molecule has 1 aromatic carbocycles. The van der Waals surface area contributed by atoms with Gasteiger partial charge in [-0.3, -0.25) is 0 Å². The predicted molar refractivity (Wildman–Crippen MR) is 74.4 cm³/mol. The van der Waals surface area contributed by atoms with Gasteiger partial charge in [0.2, 0.25) is 0 Å². The summed E-state index contributed by atoms with van der Waals surface area (Å²) in [6.07, 6.45) is 1.08. The molecule has 0 amide bonds. The first-order chi connectivity index (χ1) is 8.52. The van der Waals surface area contributed by atoms with E-state index in [-0.39, 0.29) is 6.04 Å². The van der Waals surface area contributed by atoms with Crippen LogP contribution >= 0.6 is 0 Å². The maximum Gasteiger partial charge on any atom is 0.0805 e. The molecule has 1 aromatic rings. The molecule has 102 valence electrons. The third kappa shape index (κ3) is 5.17. The Hall–Kier alpha value is -0.900. The topological polar surface area (TPSA) is 55.5 Å². The average molecular weight is 251 g/mol. The van der Waals surface area contributed by atoms with E-state index in [1.54, 1.807) is 7.11 Å². The van der Waals surface area contributed by atoms with E-state index in [9.17, 15) is 5.11 Å². The Labute approximate surface area is 110 Å². The highest BCUT2D eigenvalue weighted by molar-refractivity contribution is 5.24. The van der Waals surface area contributed by atoms with Gasteiger partial charge in [0.25, 0.3) is 0 Å². The molecule has 0 fully saturated rings. The molecule has 0 saturated carbocycles. The minimum atomic E-state index is -0.511. The fourth-order valence-electron chi connectivity index (χ4n) is 2.05. The lowest BCUT2D eigenvalue weighted by Gasteiger charge is -2.16. The van der Waals surface area contributed by atoms with E-state index < -0.39 is 6.10 Å². The van der Waals surface area contributed by atoms with Crippen LogP contribution in [0.3, 0.4) is 0 Å². The zero-order valence-corrected chi connectivity index (χ0v) is 11.6. The molecule has 0 aliphatic rings. The van der Waals surface area contributed by atoms with Gasteiger partial charge in [0.15, 0.2) is 0 Å².